The number of ether oxygens (including phenoxy) is 2. The maximum atomic E-state index is 6.15. The molecule has 3 N–H and O–H groups in total. The highest BCUT2D eigenvalue weighted by Gasteiger charge is 2.11. The maximum absolute atomic E-state index is 6.15. The second-order valence-electron chi connectivity index (χ2n) is 6.12. The van der Waals surface area contributed by atoms with Gasteiger partial charge in [0, 0.05) is 36.3 Å². The first-order chi connectivity index (χ1) is 14.1. The molecule has 0 amide bonds. The highest BCUT2D eigenvalue weighted by molar-refractivity contribution is 6.30. The lowest BCUT2D eigenvalue weighted by atomic mass is 10.1. The summed E-state index contributed by atoms with van der Waals surface area (Å²) in [6.07, 6.45) is 3.42. The van der Waals surface area contributed by atoms with E-state index < -0.39 is 0 Å². The molecule has 3 aromatic rings. The van der Waals surface area contributed by atoms with E-state index in [2.05, 4.69) is 20.3 Å². The van der Waals surface area contributed by atoms with Crippen LogP contribution in [0, 0.1) is 0 Å². The van der Waals surface area contributed by atoms with E-state index in [1.54, 1.807) is 32.7 Å². The molecule has 0 aliphatic heterocycles. The topological polar surface area (TPSA) is 94.7 Å². The van der Waals surface area contributed by atoms with Crippen molar-refractivity contribution < 1.29 is 9.47 Å². The quantitative estimate of drug-likeness (QED) is 0.430. The van der Waals surface area contributed by atoms with Crippen molar-refractivity contribution in [2.24, 2.45) is 4.99 Å². The summed E-state index contributed by atoms with van der Waals surface area (Å²) in [5.74, 6) is 1.97. The Morgan fingerprint density at radius 2 is 2.03 bits per heavy atom. The number of nitrogens with two attached hydrogens (primary N) is 1. The van der Waals surface area contributed by atoms with E-state index in [-0.39, 0.29) is 0 Å². The number of pyridine rings is 2. The molecule has 0 aliphatic carbocycles. The van der Waals surface area contributed by atoms with Gasteiger partial charge in [0.25, 0.3) is 0 Å². The molecule has 29 heavy (non-hydrogen) atoms. The van der Waals surface area contributed by atoms with Gasteiger partial charge >= 0.3 is 0 Å². The Balaban J connectivity index is 1.80. The van der Waals surface area contributed by atoms with Gasteiger partial charge in [0.1, 0.15) is 22.5 Å². The van der Waals surface area contributed by atoms with E-state index in [0.29, 0.717) is 41.1 Å². The predicted molar refractivity (Wildman–Crippen MR) is 116 cm³/mol. The van der Waals surface area contributed by atoms with Crippen LogP contribution >= 0.6 is 11.6 Å². The average molecular weight is 412 g/mol. The van der Waals surface area contributed by atoms with Crippen LogP contribution in [0.4, 0.5) is 11.5 Å². The van der Waals surface area contributed by atoms with Gasteiger partial charge in [-0.25, -0.2) is 4.98 Å². The number of anilines is 2. The second-order valence-corrected chi connectivity index (χ2v) is 6.51. The lowest BCUT2D eigenvalue weighted by molar-refractivity contribution is 0.391. The van der Waals surface area contributed by atoms with Crippen molar-refractivity contribution in [3.05, 3.63) is 70.6 Å². The lowest BCUT2D eigenvalue weighted by Gasteiger charge is -2.14. The molecule has 0 spiro atoms. The molecule has 0 unspecified atom stereocenters. The molecule has 3 rings (SSSR count). The van der Waals surface area contributed by atoms with Gasteiger partial charge in [0.2, 0.25) is 0 Å². The van der Waals surface area contributed by atoms with Crippen LogP contribution in [0.1, 0.15) is 16.8 Å². The largest absolute Gasteiger partial charge is 0.497 e. The van der Waals surface area contributed by atoms with Gasteiger partial charge in [-0.15, -0.1) is 0 Å². The van der Waals surface area contributed by atoms with Crippen LogP contribution in [0.5, 0.6) is 11.5 Å². The third-order valence-corrected chi connectivity index (χ3v) is 4.39. The van der Waals surface area contributed by atoms with Crippen molar-refractivity contribution in [3.63, 3.8) is 0 Å². The number of benzene rings is 1. The molecule has 0 fully saturated rings. The fourth-order valence-corrected chi connectivity index (χ4v) is 2.91. The van der Waals surface area contributed by atoms with Gasteiger partial charge in [-0.05, 0) is 30.3 Å². The van der Waals surface area contributed by atoms with E-state index in [1.807, 2.05) is 36.4 Å². The number of nitrogens with one attached hydrogen (secondary N) is 1. The number of aromatic nitrogens is 2. The number of halogens is 1. The van der Waals surface area contributed by atoms with Gasteiger partial charge in [-0.1, -0.05) is 17.7 Å². The molecule has 7 nitrogen and oxygen atoms in total. The lowest BCUT2D eigenvalue weighted by Crippen LogP contribution is -2.08. The molecule has 0 aliphatic rings. The van der Waals surface area contributed by atoms with Crippen LogP contribution in [0.2, 0.25) is 5.15 Å². The number of rotatable bonds is 8. The Bertz CT molecular complexity index is 996. The molecule has 1 aromatic carbocycles. The van der Waals surface area contributed by atoms with Crippen molar-refractivity contribution >= 4 is 29.3 Å². The molecule has 8 heteroatoms. The number of nitrogens with zero attached hydrogens (tertiary/aromatic N) is 3. The first-order valence-electron chi connectivity index (χ1n) is 8.91. The summed E-state index contributed by atoms with van der Waals surface area (Å²) < 4.78 is 10.7. The summed E-state index contributed by atoms with van der Waals surface area (Å²) in [7, 11) is 3.23. The number of methoxy groups -OCH3 is 2. The molecule has 0 radical (unpaired) electrons. The van der Waals surface area contributed by atoms with E-state index in [0.717, 1.165) is 17.0 Å². The standard InChI is InChI=1S/C21H22ClN5O2/c1-28-16-7-6-14(19(9-16)29-2)11-26-21-17(18(23)10-20(22)27-21)13-24-12-15-5-3-4-8-25-15/h3-10,13H,11-12H2,1-2H3,(H3,23,26,27). The minimum Gasteiger partial charge on any atom is -0.497 e. The van der Waals surface area contributed by atoms with E-state index in [9.17, 15) is 0 Å². The van der Waals surface area contributed by atoms with E-state index >= 15 is 0 Å². The zero-order chi connectivity index (χ0) is 20.6. The smallest absolute Gasteiger partial charge is 0.138 e. The Morgan fingerprint density at radius 3 is 2.76 bits per heavy atom. The Hall–Kier alpha value is -3.32. The van der Waals surface area contributed by atoms with Crippen molar-refractivity contribution in [1.29, 1.82) is 0 Å². The molecule has 2 aromatic heterocycles. The molecular formula is C21H22ClN5O2. The zero-order valence-corrected chi connectivity index (χ0v) is 17.0. The third-order valence-electron chi connectivity index (χ3n) is 4.20. The molecule has 0 atom stereocenters. The van der Waals surface area contributed by atoms with Gasteiger partial charge in [0.15, 0.2) is 0 Å². The van der Waals surface area contributed by atoms with Gasteiger partial charge in [-0.2, -0.15) is 0 Å². The van der Waals surface area contributed by atoms with Gasteiger partial charge in [0.05, 0.1) is 32.0 Å². The second kappa shape index (κ2) is 9.75. The molecule has 0 saturated carbocycles. The van der Waals surface area contributed by atoms with Crippen LogP contribution < -0.4 is 20.5 Å². The summed E-state index contributed by atoms with van der Waals surface area (Å²) in [5.41, 5.74) is 9.10. The normalized spacial score (nSPS) is 10.9. The molecule has 2 heterocycles. The zero-order valence-electron chi connectivity index (χ0n) is 16.2. The van der Waals surface area contributed by atoms with Crippen molar-refractivity contribution in [3.8, 4) is 11.5 Å². The first kappa shape index (κ1) is 20.4. The SMILES string of the molecule is COc1ccc(CNc2nc(Cl)cc(N)c2C=NCc2ccccn2)c(OC)c1. The van der Waals surface area contributed by atoms with Crippen molar-refractivity contribution in [2.75, 3.05) is 25.3 Å². The molecular weight excluding hydrogens is 390 g/mol. The first-order valence-corrected chi connectivity index (χ1v) is 9.29. The summed E-state index contributed by atoms with van der Waals surface area (Å²) in [4.78, 5) is 13.1. The highest BCUT2D eigenvalue weighted by atomic mass is 35.5. The van der Waals surface area contributed by atoms with Crippen molar-refractivity contribution in [1.82, 2.24) is 9.97 Å². The minimum atomic E-state index is 0.300. The highest BCUT2D eigenvalue weighted by Crippen LogP contribution is 2.27. The van der Waals surface area contributed by atoms with E-state index in [1.165, 1.54) is 0 Å². The number of nitrogen functional groups attached to an aromatic ring is 1. The van der Waals surface area contributed by atoms with Crippen LogP contribution in [-0.2, 0) is 13.1 Å². The molecule has 150 valence electrons. The van der Waals surface area contributed by atoms with E-state index in [4.69, 9.17) is 26.8 Å². The fourth-order valence-electron chi connectivity index (χ4n) is 2.71. The number of aliphatic imine (C=N–C) groups is 1. The third kappa shape index (κ3) is 5.36. The van der Waals surface area contributed by atoms with Gasteiger partial charge < -0.3 is 20.5 Å². The fraction of sp³-hybridized carbons (Fsp3) is 0.190. The van der Waals surface area contributed by atoms with Gasteiger partial charge in [-0.3, -0.25) is 9.98 Å². The monoisotopic (exact) mass is 411 g/mol. The van der Waals surface area contributed by atoms with Crippen LogP contribution in [0.3, 0.4) is 0 Å². The Kier molecular flexibility index (Phi) is 6.86. The van der Waals surface area contributed by atoms with Crippen LogP contribution in [0.15, 0.2) is 53.7 Å². The predicted octanol–water partition coefficient (Wildman–Crippen LogP) is 3.96. The molecule has 0 saturated heterocycles. The average Bonchev–Trinajstić information content (AvgIpc) is 2.74. The molecule has 0 bridgehead atoms. The summed E-state index contributed by atoms with van der Waals surface area (Å²) in [6, 6.07) is 12.9. The Labute approximate surface area is 174 Å². The number of hydrogen-bond donors (Lipinski definition) is 2. The van der Waals surface area contributed by atoms with Crippen LogP contribution in [0.25, 0.3) is 0 Å². The maximum Gasteiger partial charge on any atom is 0.138 e. The number of hydrogen-bond acceptors (Lipinski definition) is 7. The minimum absolute atomic E-state index is 0.300. The summed E-state index contributed by atoms with van der Waals surface area (Å²) >= 11 is 6.11. The summed E-state index contributed by atoms with van der Waals surface area (Å²) in [6.45, 7) is 0.898. The van der Waals surface area contributed by atoms with Crippen molar-refractivity contribution in [2.45, 2.75) is 13.1 Å². The summed E-state index contributed by atoms with van der Waals surface area (Å²) in [5, 5.41) is 3.57. The Morgan fingerprint density at radius 1 is 1.17 bits per heavy atom. The van der Waals surface area contributed by atoms with Crippen LogP contribution in [-0.4, -0.2) is 30.4 Å².